The van der Waals surface area contributed by atoms with Crippen LogP contribution in [0.4, 0.5) is 4.79 Å². The monoisotopic (exact) mass is 346 g/mol. The van der Waals surface area contributed by atoms with Crippen molar-refractivity contribution >= 4 is 23.3 Å². The molecule has 1 saturated carbocycles. The molecule has 1 aliphatic carbocycles. The second kappa shape index (κ2) is 5.70. The van der Waals surface area contributed by atoms with Gasteiger partial charge in [-0.3, -0.25) is 9.69 Å². The molecule has 0 bridgehead atoms. The molecule has 1 N–H and O–H groups in total. The molecule has 1 spiro atoms. The third-order valence-corrected chi connectivity index (χ3v) is 5.85. The molecular formula is C16H18N4O3S. The van der Waals surface area contributed by atoms with Crippen molar-refractivity contribution in [2.45, 2.75) is 44.7 Å². The van der Waals surface area contributed by atoms with Gasteiger partial charge in [0, 0.05) is 0 Å². The summed E-state index contributed by atoms with van der Waals surface area (Å²) in [4.78, 5) is 27.3. The van der Waals surface area contributed by atoms with Gasteiger partial charge in [-0.05, 0) is 30.2 Å². The van der Waals surface area contributed by atoms with Crippen LogP contribution in [0, 0.1) is 5.92 Å². The molecule has 0 unspecified atom stereocenters. The van der Waals surface area contributed by atoms with Crippen molar-refractivity contribution in [2.75, 3.05) is 0 Å². The molecule has 7 nitrogen and oxygen atoms in total. The molecular weight excluding hydrogens is 328 g/mol. The Hall–Kier alpha value is -2.22. The topological polar surface area (TPSA) is 88.3 Å². The molecule has 2 aromatic rings. The molecule has 2 fully saturated rings. The molecule has 4 rings (SSSR count). The molecule has 0 aromatic carbocycles. The number of nitrogens with zero attached hydrogens (tertiary/aromatic N) is 3. The Morgan fingerprint density at radius 2 is 2.29 bits per heavy atom. The van der Waals surface area contributed by atoms with Crippen LogP contribution in [0.5, 0.6) is 0 Å². The summed E-state index contributed by atoms with van der Waals surface area (Å²) in [5.74, 6) is 0.642. The Labute approximate surface area is 143 Å². The second-order valence-corrected chi connectivity index (χ2v) is 7.37. The summed E-state index contributed by atoms with van der Waals surface area (Å²) in [6.45, 7) is 2.04. The van der Waals surface area contributed by atoms with Gasteiger partial charge in [0.1, 0.15) is 12.1 Å². The van der Waals surface area contributed by atoms with Crippen LogP contribution in [0.2, 0.25) is 0 Å². The maximum Gasteiger partial charge on any atom is 0.325 e. The van der Waals surface area contributed by atoms with Crippen LogP contribution < -0.4 is 5.32 Å². The van der Waals surface area contributed by atoms with E-state index in [1.807, 2.05) is 24.4 Å². The van der Waals surface area contributed by atoms with Gasteiger partial charge in [0.25, 0.3) is 11.8 Å². The summed E-state index contributed by atoms with van der Waals surface area (Å²) < 4.78 is 5.60. The first-order valence-corrected chi connectivity index (χ1v) is 8.98. The molecule has 2 atom stereocenters. The molecule has 3 heterocycles. The average molecular weight is 346 g/mol. The fourth-order valence-electron chi connectivity index (χ4n) is 3.59. The van der Waals surface area contributed by atoms with E-state index in [1.54, 1.807) is 0 Å². The van der Waals surface area contributed by atoms with E-state index in [0.717, 1.165) is 24.1 Å². The molecule has 1 aliphatic heterocycles. The van der Waals surface area contributed by atoms with E-state index >= 15 is 0 Å². The zero-order valence-electron chi connectivity index (χ0n) is 13.3. The van der Waals surface area contributed by atoms with Crippen LogP contribution in [0.3, 0.4) is 0 Å². The predicted molar refractivity (Wildman–Crippen MR) is 87.1 cm³/mol. The number of imide groups is 1. The highest BCUT2D eigenvalue weighted by atomic mass is 32.1. The number of rotatable bonds is 3. The van der Waals surface area contributed by atoms with Gasteiger partial charge in [-0.2, -0.15) is 0 Å². The summed E-state index contributed by atoms with van der Waals surface area (Å²) in [6, 6.07) is 3.41. The van der Waals surface area contributed by atoms with Gasteiger partial charge in [-0.25, -0.2) is 4.79 Å². The normalized spacial score (nSPS) is 27.0. The lowest BCUT2D eigenvalue weighted by atomic mass is 9.73. The average Bonchev–Trinajstić information content (AvgIpc) is 3.28. The van der Waals surface area contributed by atoms with Crippen LogP contribution >= 0.6 is 11.3 Å². The highest BCUT2D eigenvalue weighted by molar-refractivity contribution is 7.13. The standard InChI is InChI=1S/C16H18N4O3S/c1-10-5-2-3-7-16(10)14(21)20(15(22)17-16)9-12-18-19-13(23-12)11-6-4-8-24-11/h4,6,8,10H,2-3,5,7,9H2,1H3,(H,17,22)/t10-,16+/m0/s1. The largest absolute Gasteiger partial charge is 0.418 e. The van der Waals surface area contributed by atoms with E-state index in [1.165, 1.54) is 16.2 Å². The van der Waals surface area contributed by atoms with E-state index in [0.29, 0.717) is 12.3 Å². The van der Waals surface area contributed by atoms with Crippen molar-refractivity contribution in [2.24, 2.45) is 5.92 Å². The van der Waals surface area contributed by atoms with Crippen LogP contribution in [0.15, 0.2) is 21.9 Å². The van der Waals surface area contributed by atoms with Crippen LogP contribution in [-0.2, 0) is 11.3 Å². The predicted octanol–water partition coefficient (Wildman–Crippen LogP) is 2.80. The maximum absolute atomic E-state index is 12.9. The first-order valence-electron chi connectivity index (χ1n) is 8.10. The zero-order valence-corrected chi connectivity index (χ0v) is 14.1. The Balaban J connectivity index is 1.55. The van der Waals surface area contributed by atoms with Crippen LogP contribution in [0.1, 0.15) is 38.5 Å². The lowest BCUT2D eigenvalue weighted by Crippen LogP contribution is -2.53. The fourth-order valence-corrected chi connectivity index (χ4v) is 4.24. The van der Waals surface area contributed by atoms with Crippen LogP contribution in [0.25, 0.3) is 10.8 Å². The van der Waals surface area contributed by atoms with Gasteiger partial charge < -0.3 is 9.73 Å². The number of amides is 3. The van der Waals surface area contributed by atoms with E-state index in [4.69, 9.17) is 4.42 Å². The third kappa shape index (κ3) is 2.32. The minimum absolute atomic E-state index is 0.0114. The van der Waals surface area contributed by atoms with Crippen molar-refractivity contribution in [3.05, 3.63) is 23.4 Å². The van der Waals surface area contributed by atoms with Gasteiger partial charge >= 0.3 is 6.03 Å². The molecule has 0 radical (unpaired) electrons. The highest BCUT2D eigenvalue weighted by Crippen LogP contribution is 2.38. The molecule has 2 aliphatic rings. The number of hydrogen-bond acceptors (Lipinski definition) is 6. The molecule has 1 saturated heterocycles. The highest BCUT2D eigenvalue weighted by Gasteiger charge is 2.55. The van der Waals surface area contributed by atoms with E-state index in [2.05, 4.69) is 15.5 Å². The second-order valence-electron chi connectivity index (χ2n) is 6.42. The number of urea groups is 1. The number of aromatic nitrogens is 2. The molecule has 24 heavy (non-hydrogen) atoms. The Kier molecular flexibility index (Phi) is 3.64. The summed E-state index contributed by atoms with van der Waals surface area (Å²) in [6.07, 6.45) is 3.69. The summed E-state index contributed by atoms with van der Waals surface area (Å²) in [5.41, 5.74) is -0.758. The lowest BCUT2D eigenvalue weighted by molar-refractivity contribution is -0.134. The number of thiophene rings is 1. The SMILES string of the molecule is C[C@H]1CCCC[C@@]12NC(=O)N(Cc1nnc(-c3cccs3)o1)C2=O. The number of nitrogens with one attached hydrogen (secondary N) is 1. The maximum atomic E-state index is 12.9. The number of carbonyl (C=O) groups excluding carboxylic acids is 2. The summed E-state index contributed by atoms with van der Waals surface area (Å²) >= 11 is 1.49. The number of hydrogen-bond donors (Lipinski definition) is 1. The van der Waals surface area contributed by atoms with Crippen molar-refractivity contribution in [1.29, 1.82) is 0 Å². The summed E-state index contributed by atoms with van der Waals surface area (Å²) in [7, 11) is 0. The first kappa shape index (κ1) is 15.3. The lowest BCUT2D eigenvalue weighted by Gasteiger charge is -2.36. The Bertz CT molecular complexity index is 772. The van der Waals surface area contributed by atoms with Crippen molar-refractivity contribution < 1.29 is 14.0 Å². The van der Waals surface area contributed by atoms with Crippen molar-refractivity contribution in [3.63, 3.8) is 0 Å². The first-order chi connectivity index (χ1) is 11.6. The number of carbonyl (C=O) groups is 2. The van der Waals surface area contributed by atoms with Gasteiger partial charge in [-0.1, -0.05) is 25.8 Å². The quantitative estimate of drug-likeness (QED) is 0.863. The van der Waals surface area contributed by atoms with Crippen molar-refractivity contribution in [1.82, 2.24) is 20.4 Å². The smallest absolute Gasteiger partial charge is 0.325 e. The molecule has 2 aromatic heterocycles. The Morgan fingerprint density at radius 1 is 1.42 bits per heavy atom. The minimum Gasteiger partial charge on any atom is -0.418 e. The zero-order chi connectivity index (χ0) is 16.7. The van der Waals surface area contributed by atoms with Gasteiger partial charge in [-0.15, -0.1) is 21.5 Å². The molecule has 3 amide bonds. The third-order valence-electron chi connectivity index (χ3n) is 4.99. The van der Waals surface area contributed by atoms with E-state index < -0.39 is 5.54 Å². The molecule has 8 heteroatoms. The van der Waals surface area contributed by atoms with E-state index in [9.17, 15) is 9.59 Å². The molecule has 126 valence electrons. The minimum atomic E-state index is -0.758. The van der Waals surface area contributed by atoms with E-state index in [-0.39, 0.29) is 30.3 Å². The van der Waals surface area contributed by atoms with Gasteiger partial charge in [0.05, 0.1) is 4.88 Å². The Morgan fingerprint density at radius 3 is 3.04 bits per heavy atom. The summed E-state index contributed by atoms with van der Waals surface area (Å²) in [5, 5.41) is 12.8. The van der Waals surface area contributed by atoms with Gasteiger partial charge in [0.15, 0.2) is 0 Å². The fraction of sp³-hybridized carbons (Fsp3) is 0.500. The van der Waals surface area contributed by atoms with Crippen molar-refractivity contribution in [3.8, 4) is 10.8 Å². The van der Waals surface area contributed by atoms with Gasteiger partial charge in [0.2, 0.25) is 5.89 Å². The van der Waals surface area contributed by atoms with Crippen LogP contribution in [-0.4, -0.2) is 32.6 Å².